The second-order valence-corrected chi connectivity index (χ2v) is 4.45. The van der Waals surface area contributed by atoms with Crippen LogP contribution >= 0.6 is 15.9 Å². The minimum absolute atomic E-state index is 0.599. The monoisotopic (exact) mass is 318 g/mol. The van der Waals surface area contributed by atoms with E-state index in [2.05, 4.69) is 26.2 Å². The van der Waals surface area contributed by atoms with Crippen LogP contribution in [-0.4, -0.2) is 51.7 Å². The van der Waals surface area contributed by atoms with Gasteiger partial charge in [0.25, 0.3) is 0 Å². The van der Waals surface area contributed by atoms with Crippen LogP contribution in [0.1, 0.15) is 0 Å². The largest absolute Gasteiger partial charge is 0.382 e. The Morgan fingerprint density at radius 3 is 2.56 bits per heavy atom. The van der Waals surface area contributed by atoms with Crippen molar-refractivity contribution in [3.05, 3.63) is 22.9 Å². The Morgan fingerprint density at radius 1 is 1.11 bits per heavy atom. The van der Waals surface area contributed by atoms with Crippen molar-refractivity contribution in [3.8, 4) is 0 Å². The van der Waals surface area contributed by atoms with Crippen LogP contribution < -0.4 is 5.32 Å². The number of pyridine rings is 1. The number of rotatable bonds is 10. The topological polar surface area (TPSA) is 52.6 Å². The highest BCUT2D eigenvalue weighted by molar-refractivity contribution is 9.10. The van der Waals surface area contributed by atoms with Crippen LogP contribution in [-0.2, 0) is 14.2 Å². The van der Waals surface area contributed by atoms with E-state index < -0.39 is 0 Å². The van der Waals surface area contributed by atoms with E-state index in [4.69, 9.17) is 14.2 Å². The molecular formula is C12H19BrN2O3. The quantitative estimate of drug-likeness (QED) is 0.668. The average Bonchev–Trinajstić information content (AvgIpc) is 2.37. The number of aromatic nitrogens is 1. The lowest BCUT2D eigenvalue weighted by Crippen LogP contribution is -2.13. The molecule has 1 rings (SSSR count). The van der Waals surface area contributed by atoms with E-state index in [1.165, 1.54) is 0 Å². The Bertz CT molecular complexity index is 326. The molecule has 6 heteroatoms. The van der Waals surface area contributed by atoms with Crippen molar-refractivity contribution in [1.29, 1.82) is 0 Å². The van der Waals surface area contributed by atoms with Gasteiger partial charge < -0.3 is 19.5 Å². The first kappa shape index (κ1) is 15.4. The number of hydrogen-bond donors (Lipinski definition) is 1. The van der Waals surface area contributed by atoms with Gasteiger partial charge in [-0.1, -0.05) is 0 Å². The lowest BCUT2D eigenvalue weighted by Gasteiger charge is -2.07. The highest BCUT2D eigenvalue weighted by Gasteiger charge is 1.94. The van der Waals surface area contributed by atoms with Gasteiger partial charge in [-0.15, -0.1) is 0 Å². The number of hydrogen-bond acceptors (Lipinski definition) is 5. The van der Waals surface area contributed by atoms with E-state index >= 15 is 0 Å². The number of ether oxygens (including phenoxy) is 3. The SMILES string of the molecule is COCCOCCOCCNc1cncc(Br)c1. The first-order chi connectivity index (χ1) is 8.83. The molecule has 0 bridgehead atoms. The van der Waals surface area contributed by atoms with E-state index in [1.54, 1.807) is 19.5 Å². The van der Waals surface area contributed by atoms with Crippen molar-refractivity contribution < 1.29 is 14.2 Å². The molecule has 1 N–H and O–H groups in total. The van der Waals surface area contributed by atoms with Crippen LogP contribution in [0.4, 0.5) is 5.69 Å². The van der Waals surface area contributed by atoms with Crippen molar-refractivity contribution in [3.63, 3.8) is 0 Å². The summed E-state index contributed by atoms with van der Waals surface area (Å²) < 4.78 is 16.5. The second kappa shape index (κ2) is 10.3. The predicted molar refractivity (Wildman–Crippen MR) is 73.9 cm³/mol. The summed E-state index contributed by atoms with van der Waals surface area (Å²) in [5.74, 6) is 0. The Labute approximate surface area is 116 Å². The molecule has 0 spiro atoms. The maximum absolute atomic E-state index is 5.41. The zero-order chi connectivity index (χ0) is 13.1. The van der Waals surface area contributed by atoms with Crippen molar-refractivity contribution in [2.75, 3.05) is 52.0 Å². The summed E-state index contributed by atoms with van der Waals surface area (Å²) in [6.07, 6.45) is 3.53. The Hall–Kier alpha value is -0.690. The highest BCUT2D eigenvalue weighted by atomic mass is 79.9. The van der Waals surface area contributed by atoms with Crippen molar-refractivity contribution in [1.82, 2.24) is 4.98 Å². The summed E-state index contributed by atoms with van der Waals surface area (Å²) in [6, 6.07) is 1.97. The minimum Gasteiger partial charge on any atom is -0.382 e. The van der Waals surface area contributed by atoms with Crippen LogP contribution in [0, 0.1) is 0 Å². The molecule has 0 saturated heterocycles. The molecule has 0 saturated carbocycles. The van der Waals surface area contributed by atoms with Gasteiger partial charge in [0.1, 0.15) is 0 Å². The Morgan fingerprint density at radius 2 is 1.83 bits per heavy atom. The molecule has 0 unspecified atom stereocenters. The van der Waals surface area contributed by atoms with Gasteiger partial charge >= 0.3 is 0 Å². The first-order valence-corrected chi connectivity index (χ1v) is 6.61. The van der Waals surface area contributed by atoms with E-state index in [1.807, 2.05) is 6.07 Å². The fourth-order valence-electron chi connectivity index (χ4n) is 1.24. The molecule has 0 amide bonds. The van der Waals surface area contributed by atoms with E-state index in [0.717, 1.165) is 16.7 Å². The molecule has 18 heavy (non-hydrogen) atoms. The smallest absolute Gasteiger partial charge is 0.0701 e. The van der Waals surface area contributed by atoms with Crippen molar-refractivity contribution >= 4 is 21.6 Å². The third-order valence-corrected chi connectivity index (χ3v) is 2.52. The van der Waals surface area contributed by atoms with Gasteiger partial charge in [0, 0.05) is 24.3 Å². The van der Waals surface area contributed by atoms with E-state index in [-0.39, 0.29) is 0 Å². The molecule has 0 aromatic carbocycles. The van der Waals surface area contributed by atoms with Gasteiger partial charge in [0.2, 0.25) is 0 Å². The minimum atomic E-state index is 0.599. The maximum atomic E-state index is 5.41. The van der Waals surface area contributed by atoms with Crippen LogP contribution in [0.25, 0.3) is 0 Å². The third-order valence-electron chi connectivity index (χ3n) is 2.08. The molecule has 0 aliphatic carbocycles. The van der Waals surface area contributed by atoms with Crippen LogP contribution in [0.15, 0.2) is 22.9 Å². The Balaban J connectivity index is 1.92. The fraction of sp³-hybridized carbons (Fsp3) is 0.583. The number of anilines is 1. The van der Waals surface area contributed by atoms with Gasteiger partial charge in [0.15, 0.2) is 0 Å². The number of nitrogens with zero attached hydrogens (tertiary/aromatic N) is 1. The van der Waals surface area contributed by atoms with Gasteiger partial charge in [-0.05, 0) is 22.0 Å². The molecule has 0 radical (unpaired) electrons. The predicted octanol–water partition coefficient (Wildman–Crippen LogP) is 1.94. The molecule has 102 valence electrons. The molecule has 0 aliphatic heterocycles. The fourth-order valence-corrected chi connectivity index (χ4v) is 1.61. The number of nitrogens with one attached hydrogen (secondary N) is 1. The molecule has 1 aromatic heterocycles. The van der Waals surface area contributed by atoms with Gasteiger partial charge in [-0.25, -0.2) is 0 Å². The second-order valence-electron chi connectivity index (χ2n) is 3.54. The normalized spacial score (nSPS) is 10.6. The molecule has 0 aliphatic rings. The summed E-state index contributed by atoms with van der Waals surface area (Å²) >= 11 is 3.37. The zero-order valence-corrected chi connectivity index (χ0v) is 12.1. The summed E-state index contributed by atoms with van der Waals surface area (Å²) in [5, 5.41) is 3.22. The maximum Gasteiger partial charge on any atom is 0.0701 e. The summed E-state index contributed by atoms with van der Waals surface area (Å²) in [4.78, 5) is 4.06. The standard InChI is InChI=1S/C12H19BrN2O3/c1-16-4-5-18-7-6-17-3-2-15-12-8-11(13)9-14-10-12/h8-10,15H,2-7H2,1H3. The molecule has 1 aromatic rings. The zero-order valence-electron chi connectivity index (χ0n) is 10.5. The van der Waals surface area contributed by atoms with Crippen molar-refractivity contribution in [2.24, 2.45) is 0 Å². The van der Waals surface area contributed by atoms with Gasteiger partial charge in [0.05, 0.1) is 44.9 Å². The highest BCUT2D eigenvalue weighted by Crippen LogP contribution is 2.12. The molecular weight excluding hydrogens is 300 g/mol. The molecule has 0 fully saturated rings. The lowest BCUT2D eigenvalue weighted by atomic mass is 10.4. The summed E-state index contributed by atoms with van der Waals surface area (Å²) in [5.41, 5.74) is 0.976. The first-order valence-electron chi connectivity index (χ1n) is 5.82. The van der Waals surface area contributed by atoms with E-state index in [0.29, 0.717) is 33.0 Å². The Kier molecular flexibility index (Phi) is 8.75. The van der Waals surface area contributed by atoms with Crippen LogP contribution in [0.3, 0.4) is 0 Å². The summed E-state index contributed by atoms with van der Waals surface area (Å²) in [7, 11) is 1.66. The van der Waals surface area contributed by atoms with Crippen LogP contribution in [0.2, 0.25) is 0 Å². The summed E-state index contributed by atoms with van der Waals surface area (Å²) in [6.45, 7) is 3.82. The third kappa shape index (κ3) is 7.60. The number of halogens is 1. The molecule has 0 atom stereocenters. The van der Waals surface area contributed by atoms with Crippen LogP contribution in [0.5, 0.6) is 0 Å². The van der Waals surface area contributed by atoms with Gasteiger partial charge in [-0.2, -0.15) is 0 Å². The average molecular weight is 319 g/mol. The van der Waals surface area contributed by atoms with Gasteiger partial charge in [-0.3, -0.25) is 4.98 Å². The molecule has 1 heterocycles. The number of methoxy groups -OCH3 is 1. The van der Waals surface area contributed by atoms with E-state index in [9.17, 15) is 0 Å². The lowest BCUT2D eigenvalue weighted by molar-refractivity contribution is 0.0272. The molecule has 5 nitrogen and oxygen atoms in total. The van der Waals surface area contributed by atoms with Crippen molar-refractivity contribution in [2.45, 2.75) is 0 Å².